The number of aryl methyl sites for hydroxylation is 1. The predicted molar refractivity (Wildman–Crippen MR) is 90.9 cm³/mol. The molecule has 4 nitrogen and oxygen atoms in total. The van der Waals surface area contributed by atoms with Gasteiger partial charge in [0, 0.05) is 16.8 Å². The number of halogens is 1. The second-order valence-corrected chi connectivity index (χ2v) is 6.43. The van der Waals surface area contributed by atoms with E-state index in [2.05, 4.69) is 4.98 Å². The van der Waals surface area contributed by atoms with Crippen LogP contribution in [0.3, 0.4) is 0 Å². The van der Waals surface area contributed by atoms with Crippen LogP contribution in [0.5, 0.6) is 0 Å². The maximum Gasteiger partial charge on any atom is 0.260 e. The average Bonchev–Trinajstić information content (AvgIpc) is 3.32. The molecule has 0 saturated heterocycles. The molecular weight excluding hydrogens is 312 g/mol. The van der Waals surface area contributed by atoms with E-state index in [1.165, 1.54) is 0 Å². The summed E-state index contributed by atoms with van der Waals surface area (Å²) in [6.45, 7) is 3.75. The Hall–Kier alpha value is -2.07. The molecule has 0 aliphatic heterocycles. The fraction of sp³-hybridized carbons (Fsp3) is 0.333. The summed E-state index contributed by atoms with van der Waals surface area (Å²) in [4.78, 5) is 29.6. The largest absolute Gasteiger partial charge is 0.329 e. The minimum absolute atomic E-state index is 0.175. The number of pyridine rings is 1. The Morgan fingerprint density at radius 3 is 2.57 bits per heavy atom. The maximum atomic E-state index is 12.9. The van der Waals surface area contributed by atoms with Crippen LogP contribution >= 0.6 is 11.6 Å². The van der Waals surface area contributed by atoms with Crippen molar-refractivity contribution >= 4 is 17.5 Å². The van der Waals surface area contributed by atoms with Crippen LogP contribution in [0.1, 0.15) is 47.4 Å². The van der Waals surface area contributed by atoms with Crippen molar-refractivity contribution in [3.8, 4) is 0 Å². The maximum absolute atomic E-state index is 12.9. The van der Waals surface area contributed by atoms with Gasteiger partial charge in [-0.1, -0.05) is 29.8 Å². The van der Waals surface area contributed by atoms with Crippen molar-refractivity contribution in [1.82, 2.24) is 9.88 Å². The van der Waals surface area contributed by atoms with E-state index in [0.717, 1.165) is 24.1 Å². The van der Waals surface area contributed by atoms with Crippen LogP contribution in [-0.2, 0) is 0 Å². The molecule has 0 bridgehead atoms. The van der Waals surface area contributed by atoms with Crippen LogP contribution in [0.15, 0.2) is 41.2 Å². The first-order valence-electron chi connectivity index (χ1n) is 7.76. The Bertz CT molecular complexity index is 796. The topological polar surface area (TPSA) is 53.2 Å². The molecule has 1 N–H and O–H groups in total. The van der Waals surface area contributed by atoms with Gasteiger partial charge >= 0.3 is 0 Å². The third kappa shape index (κ3) is 3.17. The standard InChI is InChI=1S/C18H19ClN2O2/c1-11-7-10-15(17(22)20-11)18(23)21(13-8-9-13)12(2)14-5-3-4-6-16(14)19/h3-7,10,12-13H,8-9H2,1-2H3,(H,20,22)/t12-/m0/s1. The smallest absolute Gasteiger partial charge is 0.260 e. The van der Waals surface area contributed by atoms with E-state index in [4.69, 9.17) is 11.6 Å². The number of hydrogen-bond acceptors (Lipinski definition) is 2. The summed E-state index contributed by atoms with van der Waals surface area (Å²) in [5, 5.41) is 0.635. The monoisotopic (exact) mass is 330 g/mol. The number of carbonyl (C=O) groups excluding carboxylic acids is 1. The molecule has 1 aromatic heterocycles. The molecule has 1 aliphatic carbocycles. The molecule has 1 aromatic carbocycles. The number of hydrogen-bond donors (Lipinski definition) is 1. The number of aromatic amines is 1. The van der Waals surface area contributed by atoms with Gasteiger partial charge in [-0.25, -0.2) is 0 Å². The molecule has 0 spiro atoms. The van der Waals surface area contributed by atoms with Crippen LogP contribution in [0.25, 0.3) is 0 Å². The minimum atomic E-state index is -0.341. The van der Waals surface area contributed by atoms with Gasteiger partial charge in [-0.3, -0.25) is 9.59 Å². The Balaban J connectivity index is 1.97. The number of amides is 1. The van der Waals surface area contributed by atoms with E-state index in [0.29, 0.717) is 5.02 Å². The minimum Gasteiger partial charge on any atom is -0.329 e. The van der Waals surface area contributed by atoms with Crippen molar-refractivity contribution in [3.63, 3.8) is 0 Å². The summed E-state index contributed by atoms with van der Waals surface area (Å²) in [7, 11) is 0. The molecule has 0 radical (unpaired) electrons. The van der Waals surface area contributed by atoms with Gasteiger partial charge in [0.15, 0.2) is 0 Å². The second kappa shape index (κ2) is 6.20. The Kier molecular flexibility index (Phi) is 4.26. The zero-order valence-corrected chi connectivity index (χ0v) is 13.9. The molecule has 1 atom stereocenters. The van der Waals surface area contributed by atoms with E-state index >= 15 is 0 Å². The van der Waals surface area contributed by atoms with Crippen molar-refractivity contribution in [1.29, 1.82) is 0 Å². The summed E-state index contributed by atoms with van der Waals surface area (Å²) in [6, 6.07) is 10.9. The van der Waals surface area contributed by atoms with Gasteiger partial charge in [-0.2, -0.15) is 0 Å². The lowest BCUT2D eigenvalue weighted by molar-refractivity contribution is 0.0672. The van der Waals surface area contributed by atoms with Crippen molar-refractivity contribution in [3.05, 3.63) is 68.6 Å². The first kappa shape index (κ1) is 15.8. The van der Waals surface area contributed by atoms with Crippen LogP contribution < -0.4 is 5.56 Å². The van der Waals surface area contributed by atoms with Crippen LogP contribution in [-0.4, -0.2) is 21.8 Å². The Morgan fingerprint density at radius 2 is 1.96 bits per heavy atom. The molecule has 23 heavy (non-hydrogen) atoms. The fourth-order valence-corrected chi connectivity index (χ4v) is 3.15. The van der Waals surface area contributed by atoms with E-state index in [1.54, 1.807) is 24.0 Å². The third-order valence-electron chi connectivity index (χ3n) is 4.23. The summed E-state index contributed by atoms with van der Waals surface area (Å²) >= 11 is 6.29. The number of carbonyl (C=O) groups is 1. The summed E-state index contributed by atoms with van der Waals surface area (Å²) < 4.78 is 0. The number of H-pyrrole nitrogens is 1. The predicted octanol–water partition coefficient (Wildman–Crippen LogP) is 3.70. The number of benzene rings is 1. The molecule has 2 aromatic rings. The molecule has 1 saturated carbocycles. The lowest BCUT2D eigenvalue weighted by atomic mass is 10.1. The highest BCUT2D eigenvalue weighted by molar-refractivity contribution is 6.31. The fourth-order valence-electron chi connectivity index (χ4n) is 2.85. The third-order valence-corrected chi connectivity index (χ3v) is 4.58. The molecule has 5 heteroatoms. The number of nitrogens with one attached hydrogen (secondary N) is 1. The van der Waals surface area contributed by atoms with E-state index in [-0.39, 0.29) is 29.1 Å². The summed E-state index contributed by atoms with van der Waals surface area (Å²) in [5.74, 6) is -0.235. The molecule has 1 amide bonds. The molecule has 1 heterocycles. The lowest BCUT2D eigenvalue weighted by Crippen LogP contribution is -2.38. The molecule has 120 valence electrons. The van der Waals surface area contributed by atoms with Gasteiger partial charge in [0.25, 0.3) is 11.5 Å². The zero-order valence-electron chi connectivity index (χ0n) is 13.2. The first-order valence-corrected chi connectivity index (χ1v) is 8.14. The normalized spacial score (nSPS) is 15.3. The second-order valence-electron chi connectivity index (χ2n) is 6.03. The van der Waals surface area contributed by atoms with Crippen molar-refractivity contribution < 1.29 is 4.79 Å². The number of rotatable bonds is 4. The molecule has 0 unspecified atom stereocenters. The number of nitrogens with zero attached hydrogens (tertiary/aromatic N) is 1. The Labute approximate surface area is 140 Å². The highest BCUT2D eigenvalue weighted by atomic mass is 35.5. The van der Waals surface area contributed by atoms with Crippen LogP contribution in [0.2, 0.25) is 5.02 Å². The lowest BCUT2D eigenvalue weighted by Gasteiger charge is -2.30. The summed E-state index contributed by atoms with van der Waals surface area (Å²) in [6.07, 6.45) is 1.93. The highest BCUT2D eigenvalue weighted by Gasteiger charge is 2.37. The van der Waals surface area contributed by atoms with Gasteiger partial charge in [0.05, 0.1) is 6.04 Å². The van der Waals surface area contributed by atoms with Crippen molar-refractivity contribution in [2.24, 2.45) is 0 Å². The average molecular weight is 331 g/mol. The van der Waals surface area contributed by atoms with Crippen molar-refractivity contribution in [2.45, 2.75) is 38.8 Å². The molecule has 3 rings (SSSR count). The van der Waals surface area contributed by atoms with E-state index in [9.17, 15) is 9.59 Å². The molecule has 1 fully saturated rings. The quantitative estimate of drug-likeness (QED) is 0.929. The molecular formula is C18H19ClN2O2. The van der Waals surface area contributed by atoms with Gasteiger partial charge in [-0.05, 0) is 50.5 Å². The molecule has 1 aliphatic rings. The van der Waals surface area contributed by atoms with Gasteiger partial charge < -0.3 is 9.88 Å². The highest BCUT2D eigenvalue weighted by Crippen LogP contribution is 2.37. The summed E-state index contributed by atoms with van der Waals surface area (Å²) in [5.41, 5.74) is 1.48. The first-order chi connectivity index (χ1) is 11.0. The van der Waals surface area contributed by atoms with Gasteiger partial charge in [0.1, 0.15) is 5.56 Å². The van der Waals surface area contributed by atoms with E-state index in [1.807, 2.05) is 31.2 Å². The van der Waals surface area contributed by atoms with Gasteiger partial charge in [-0.15, -0.1) is 0 Å². The van der Waals surface area contributed by atoms with Crippen molar-refractivity contribution in [2.75, 3.05) is 0 Å². The SMILES string of the molecule is Cc1ccc(C(=O)N(C2CC2)[C@@H](C)c2ccccc2Cl)c(=O)[nH]1. The van der Waals surface area contributed by atoms with Crippen LogP contribution in [0.4, 0.5) is 0 Å². The van der Waals surface area contributed by atoms with Crippen LogP contribution in [0, 0.1) is 6.92 Å². The van der Waals surface area contributed by atoms with Gasteiger partial charge in [0.2, 0.25) is 0 Å². The number of aromatic nitrogens is 1. The van der Waals surface area contributed by atoms with E-state index < -0.39 is 0 Å². The Morgan fingerprint density at radius 1 is 1.26 bits per heavy atom. The zero-order chi connectivity index (χ0) is 16.6.